The second-order valence-corrected chi connectivity index (χ2v) is 5.08. The van der Waals surface area contributed by atoms with E-state index >= 15 is 0 Å². The minimum Gasteiger partial charge on any atom is -0.399 e. The quantitative estimate of drug-likeness (QED) is 0.280. The Kier molecular flexibility index (Phi) is 8.25. The molecule has 0 atom stereocenters. The Labute approximate surface area is 138 Å². The third-order valence-corrected chi connectivity index (χ3v) is 3.47. The Morgan fingerprint density at radius 2 is 1.96 bits per heavy atom. The molecule has 6 heteroatoms. The molecule has 6 nitrogen and oxygen atoms in total. The van der Waals surface area contributed by atoms with Gasteiger partial charge in [0.25, 0.3) is 5.91 Å². The van der Waals surface area contributed by atoms with E-state index in [4.69, 9.17) is 11.0 Å². The van der Waals surface area contributed by atoms with Crippen LogP contribution in [0.4, 0.5) is 11.4 Å². The van der Waals surface area contributed by atoms with Gasteiger partial charge in [0.2, 0.25) is 0 Å². The molecule has 1 aromatic carbocycles. The largest absolute Gasteiger partial charge is 0.399 e. The Morgan fingerprint density at radius 1 is 1.30 bits per heavy atom. The number of rotatable bonds is 9. The molecule has 0 spiro atoms. The van der Waals surface area contributed by atoms with Crippen molar-refractivity contribution < 1.29 is 4.79 Å². The molecule has 0 radical (unpaired) electrons. The first-order valence-corrected chi connectivity index (χ1v) is 7.83. The van der Waals surface area contributed by atoms with Gasteiger partial charge in [-0.3, -0.25) is 4.79 Å². The van der Waals surface area contributed by atoms with Gasteiger partial charge in [-0.15, -0.1) is 0 Å². The molecule has 0 unspecified atom stereocenters. The van der Waals surface area contributed by atoms with Gasteiger partial charge in [0.15, 0.2) is 0 Å². The van der Waals surface area contributed by atoms with Crippen LogP contribution in [0.1, 0.15) is 20.3 Å². The lowest BCUT2D eigenvalue weighted by atomic mass is 10.2. The van der Waals surface area contributed by atoms with E-state index in [-0.39, 0.29) is 5.57 Å². The van der Waals surface area contributed by atoms with Crippen LogP contribution in [0.25, 0.3) is 0 Å². The number of nitrogens with two attached hydrogens (primary N) is 1. The molecule has 23 heavy (non-hydrogen) atoms. The first-order valence-electron chi connectivity index (χ1n) is 7.83. The van der Waals surface area contributed by atoms with Crippen LogP contribution < -0.4 is 16.4 Å². The van der Waals surface area contributed by atoms with Crippen LogP contribution in [-0.4, -0.2) is 37.0 Å². The molecule has 1 aromatic rings. The van der Waals surface area contributed by atoms with Crippen molar-refractivity contribution in [3.05, 3.63) is 36.0 Å². The summed E-state index contributed by atoms with van der Waals surface area (Å²) < 4.78 is 0. The SMILES string of the molecule is CCN(CC)CCCN/C=C(/C#N)C(=O)Nc1ccc(N)cc1. The summed E-state index contributed by atoms with van der Waals surface area (Å²) in [5.74, 6) is -0.437. The third-order valence-electron chi connectivity index (χ3n) is 3.47. The molecule has 0 aromatic heterocycles. The van der Waals surface area contributed by atoms with Gasteiger partial charge in [-0.25, -0.2) is 0 Å². The molecule has 0 fully saturated rings. The van der Waals surface area contributed by atoms with Crippen LogP contribution in [0.2, 0.25) is 0 Å². The number of nitrogens with zero attached hydrogens (tertiary/aromatic N) is 2. The molecule has 0 saturated heterocycles. The molecule has 1 amide bonds. The minimum absolute atomic E-state index is 0.0460. The van der Waals surface area contributed by atoms with Crippen LogP contribution >= 0.6 is 0 Å². The molecule has 0 aliphatic heterocycles. The topological polar surface area (TPSA) is 94.2 Å². The fourth-order valence-electron chi connectivity index (χ4n) is 2.03. The highest BCUT2D eigenvalue weighted by Crippen LogP contribution is 2.11. The van der Waals surface area contributed by atoms with Gasteiger partial charge in [-0.2, -0.15) is 5.26 Å². The molecular weight excluding hydrogens is 290 g/mol. The molecule has 0 aliphatic carbocycles. The van der Waals surface area contributed by atoms with Crippen LogP contribution in [0.5, 0.6) is 0 Å². The van der Waals surface area contributed by atoms with E-state index in [2.05, 4.69) is 29.4 Å². The van der Waals surface area contributed by atoms with Crippen LogP contribution in [0, 0.1) is 11.3 Å². The van der Waals surface area contributed by atoms with Crippen molar-refractivity contribution >= 4 is 17.3 Å². The van der Waals surface area contributed by atoms with E-state index in [1.54, 1.807) is 24.3 Å². The molecule has 124 valence electrons. The maximum atomic E-state index is 12.0. The van der Waals surface area contributed by atoms with E-state index in [0.717, 1.165) is 32.6 Å². The van der Waals surface area contributed by atoms with Crippen molar-refractivity contribution in [3.63, 3.8) is 0 Å². The fourth-order valence-corrected chi connectivity index (χ4v) is 2.03. The van der Waals surface area contributed by atoms with Crippen LogP contribution in [-0.2, 0) is 4.79 Å². The maximum Gasteiger partial charge on any atom is 0.267 e. The lowest BCUT2D eigenvalue weighted by molar-refractivity contribution is -0.112. The van der Waals surface area contributed by atoms with Crippen LogP contribution in [0.3, 0.4) is 0 Å². The molecule has 1 rings (SSSR count). The fraction of sp³-hybridized carbons (Fsp3) is 0.412. The molecule has 0 heterocycles. The number of nitrogens with one attached hydrogen (secondary N) is 2. The van der Waals surface area contributed by atoms with Crippen molar-refractivity contribution in [2.24, 2.45) is 0 Å². The molecular formula is C17H25N5O. The number of anilines is 2. The standard InChI is InChI=1S/C17H25N5O/c1-3-22(4-2)11-5-10-20-13-14(12-18)17(23)21-16-8-6-15(19)7-9-16/h6-9,13,20H,3-5,10-11,19H2,1-2H3,(H,21,23)/b14-13-. The highest BCUT2D eigenvalue weighted by molar-refractivity contribution is 6.06. The number of hydrogen-bond donors (Lipinski definition) is 3. The average Bonchev–Trinajstić information content (AvgIpc) is 2.56. The summed E-state index contributed by atoms with van der Waals surface area (Å²) in [4.78, 5) is 14.3. The Bertz CT molecular complexity index is 555. The molecule has 0 saturated carbocycles. The van der Waals surface area contributed by atoms with E-state index < -0.39 is 5.91 Å². The maximum absolute atomic E-state index is 12.0. The number of nitriles is 1. The predicted octanol–water partition coefficient (Wildman–Crippen LogP) is 1.94. The minimum atomic E-state index is -0.437. The average molecular weight is 315 g/mol. The number of carbonyl (C=O) groups is 1. The highest BCUT2D eigenvalue weighted by atomic mass is 16.1. The monoisotopic (exact) mass is 315 g/mol. The number of amides is 1. The van der Waals surface area contributed by atoms with E-state index in [9.17, 15) is 4.79 Å². The highest BCUT2D eigenvalue weighted by Gasteiger charge is 2.08. The van der Waals surface area contributed by atoms with Gasteiger partial charge < -0.3 is 21.3 Å². The molecule has 0 aliphatic rings. The van der Waals surface area contributed by atoms with Gasteiger partial charge in [0.05, 0.1) is 0 Å². The third kappa shape index (κ3) is 6.85. The van der Waals surface area contributed by atoms with E-state index in [1.807, 2.05) is 6.07 Å². The second-order valence-electron chi connectivity index (χ2n) is 5.08. The Morgan fingerprint density at radius 3 is 2.52 bits per heavy atom. The van der Waals surface area contributed by atoms with Crippen molar-refractivity contribution in [3.8, 4) is 6.07 Å². The first-order chi connectivity index (χ1) is 11.1. The van der Waals surface area contributed by atoms with Crippen molar-refractivity contribution in [2.75, 3.05) is 37.2 Å². The van der Waals surface area contributed by atoms with E-state index in [1.165, 1.54) is 6.20 Å². The summed E-state index contributed by atoms with van der Waals surface area (Å²) in [6.07, 6.45) is 2.42. The second kappa shape index (κ2) is 10.2. The van der Waals surface area contributed by atoms with Gasteiger partial charge in [-0.1, -0.05) is 13.8 Å². The van der Waals surface area contributed by atoms with E-state index in [0.29, 0.717) is 11.4 Å². The van der Waals surface area contributed by atoms with Gasteiger partial charge in [-0.05, 0) is 50.3 Å². The van der Waals surface area contributed by atoms with Crippen molar-refractivity contribution in [1.29, 1.82) is 5.26 Å². The first kappa shape index (κ1) is 18.5. The van der Waals surface area contributed by atoms with Gasteiger partial charge in [0, 0.05) is 24.1 Å². The summed E-state index contributed by atoms with van der Waals surface area (Å²) in [5, 5.41) is 14.8. The number of carbonyl (C=O) groups excluding carboxylic acids is 1. The zero-order valence-corrected chi connectivity index (χ0v) is 13.8. The lowest BCUT2D eigenvalue weighted by Gasteiger charge is -2.17. The zero-order chi connectivity index (χ0) is 17.1. The Hall–Kier alpha value is -2.52. The number of benzene rings is 1. The smallest absolute Gasteiger partial charge is 0.267 e. The summed E-state index contributed by atoms with van der Waals surface area (Å²) in [7, 11) is 0. The predicted molar refractivity (Wildman–Crippen MR) is 93.6 cm³/mol. The summed E-state index contributed by atoms with van der Waals surface area (Å²) >= 11 is 0. The van der Waals surface area contributed by atoms with Gasteiger partial charge in [0.1, 0.15) is 11.6 Å². The number of hydrogen-bond acceptors (Lipinski definition) is 5. The molecule has 0 bridgehead atoms. The normalized spacial score (nSPS) is 11.1. The summed E-state index contributed by atoms with van der Waals surface area (Å²) in [6, 6.07) is 8.68. The molecule has 4 N–H and O–H groups in total. The summed E-state index contributed by atoms with van der Waals surface area (Å²) in [6.45, 7) is 8.03. The Balaban J connectivity index is 2.44. The number of nitrogen functional groups attached to an aromatic ring is 1. The van der Waals surface area contributed by atoms with Crippen molar-refractivity contribution in [1.82, 2.24) is 10.2 Å². The zero-order valence-electron chi connectivity index (χ0n) is 13.8. The lowest BCUT2D eigenvalue weighted by Crippen LogP contribution is -2.26. The van der Waals surface area contributed by atoms with Crippen molar-refractivity contribution in [2.45, 2.75) is 20.3 Å². The van der Waals surface area contributed by atoms with Gasteiger partial charge >= 0.3 is 0 Å². The van der Waals surface area contributed by atoms with Crippen LogP contribution in [0.15, 0.2) is 36.0 Å². The summed E-state index contributed by atoms with van der Waals surface area (Å²) in [5.41, 5.74) is 6.86.